The molecule has 1 aromatic heterocycles. The van der Waals surface area contributed by atoms with E-state index in [0.29, 0.717) is 11.1 Å². The quantitative estimate of drug-likeness (QED) is 0.825. The zero-order chi connectivity index (χ0) is 14.4. The van der Waals surface area contributed by atoms with Crippen LogP contribution in [-0.2, 0) is 0 Å². The standard InChI is InChI=1S/C16H20N4O/c17-13-5-12-14(18-9-19-16(12)21)6-15(13)20(7-10-1-2-10)8-11-3-4-11/h5-6,9-11H,1-4,7-8,17H2,(H,18,19,21). The molecule has 110 valence electrons. The first-order valence-corrected chi connectivity index (χ1v) is 7.72. The lowest BCUT2D eigenvalue weighted by Gasteiger charge is -2.26. The highest BCUT2D eigenvalue weighted by Crippen LogP contribution is 2.38. The van der Waals surface area contributed by atoms with E-state index < -0.39 is 0 Å². The van der Waals surface area contributed by atoms with E-state index in [1.165, 1.54) is 32.0 Å². The highest BCUT2D eigenvalue weighted by Gasteiger charge is 2.30. The van der Waals surface area contributed by atoms with E-state index in [4.69, 9.17) is 5.73 Å². The lowest BCUT2D eigenvalue weighted by Crippen LogP contribution is -2.29. The zero-order valence-corrected chi connectivity index (χ0v) is 12.0. The van der Waals surface area contributed by atoms with Crippen LogP contribution in [0.3, 0.4) is 0 Å². The lowest BCUT2D eigenvalue weighted by atomic mass is 10.1. The first kappa shape index (κ1) is 12.7. The van der Waals surface area contributed by atoms with E-state index in [2.05, 4.69) is 14.9 Å². The number of aromatic nitrogens is 2. The monoisotopic (exact) mass is 284 g/mol. The number of hydrogen-bond acceptors (Lipinski definition) is 4. The minimum Gasteiger partial charge on any atom is -0.397 e. The molecule has 0 radical (unpaired) electrons. The second-order valence-corrected chi connectivity index (χ2v) is 6.45. The Morgan fingerprint density at radius 2 is 1.86 bits per heavy atom. The molecule has 3 N–H and O–H groups in total. The van der Waals surface area contributed by atoms with Crippen LogP contribution in [0.15, 0.2) is 23.3 Å². The third-order valence-corrected chi connectivity index (χ3v) is 4.48. The Bertz CT molecular complexity index is 717. The van der Waals surface area contributed by atoms with Crippen molar-refractivity contribution in [3.05, 3.63) is 28.8 Å². The Balaban J connectivity index is 1.74. The minimum absolute atomic E-state index is 0.130. The van der Waals surface area contributed by atoms with Gasteiger partial charge in [-0.05, 0) is 49.7 Å². The maximum atomic E-state index is 11.8. The number of rotatable bonds is 5. The summed E-state index contributed by atoms with van der Waals surface area (Å²) in [6, 6.07) is 3.74. The van der Waals surface area contributed by atoms with Gasteiger partial charge in [0.05, 0.1) is 28.6 Å². The third kappa shape index (κ3) is 2.60. The zero-order valence-electron chi connectivity index (χ0n) is 12.0. The number of nitrogens with two attached hydrogens (primary N) is 1. The predicted molar refractivity (Wildman–Crippen MR) is 84.4 cm³/mol. The van der Waals surface area contributed by atoms with E-state index in [-0.39, 0.29) is 5.56 Å². The lowest BCUT2D eigenvalue weighted by molar-refractivity contribution is 0.680. The number of aromatic amines is 1. The van der Waals surface area contributed by atoms with Crippen LogP contribution in [0.5, 0.6) is 0 Å². The number of benzene rings is 1. The number of anilines is 2. The molecule has 4 rings (SSSR count). The highest BCUT2D eigenvalue weighted by molar-refractivity contribution is 5.88. The Labute approximate surface area is 123 Å². The third-order valence-electron chi connectivity index (χ3n) is 4.48. The Hall–Kier alpha value is -2.04. The Kier molecular flexibility index (Phi) is 2.87. The van der Waals surface area contributed by atoms with Crippen molar-refractivity contribution in [2.45, 2.75) is 25.7 Å². The number of H-pyrrole nitrogens is 1. The van der Waals surface area contributed by atoms with Crippen molar-refractivity contribution in [3.8, 4) is 0 Å². The molecule has 2 saturated carbocycles. The molecule has 5 nitrogen and oxygen atoms in total. The second-order valence-electron chi connectivity index (χ2n) is 6.45. The summed E-state index contributed by atoms with van der Waals surface area (Å²) in [4.78, 5) is 21.1. The van der Waals surface area contributed by atoms with Crippen molar-refractivity contribution in [2.24, 2.45) is 11.8 Å². The smallest absolute Gasteiger partial charge is 0.258 e. The number of nitrogens with zero attached hydrogens (tertiary/aromatic N) is 2. The van der Waals surface area contributed by atoms with Gasteiger partial charge in [-0.15, -0.1) is 0 Å². The maximum absolute atomic E-state index is 11.8. The topological polar surface area (TPSA) is 75.0 Å². The molecule has 2 aliphatic carbocycles. The van der Waals surface area contributed by atoms with E-state index in [1.807, 2.05) is 6.07 Å². The summed E-state index contributed by atoms with van der Waals surface area (Å²) >= 11 is 0. The van der Waals surface area contributed by atoms with Gasteiger partial charge in [-0.1, -0.05) is 0 Å². The molecule has 0 atom stereocenters. The first-order valence-electron chi connectivity index (χ1n) is 7.72. The maximum Gasteiger partial charge on any atom is 0.258 e. The summed E-state index contributed by atoms with van der Waals surface area (Å²) in [5, 5.41) is 0.566. The van der Waals surface area contributed by atoms with Gasteiger partial charge in [0.2, 0.25) is 0 Å². The molecule has 2 aromatic rings. The molecule has 0 bridgehead atoms. The summed E-state index contributed by atoms with van der Waals surface area (Å²) in [6.45, 7) is 2.16. The van der Waals surface area contributed by atoms with Crippen LogP contribution >= 0.6 is 0 Å². The van der Waals surface area contributed by atoms with Crippen LogP contribution in [0.2, 0.25) is 0 Å². The SMILES string of the molecule is Nc1cc2c(=O)[nH]cnc2cc1N(CC1CC1)CC1CC1. The largest absolute Gasteiger partial charge is 0.397 e. The van der Waals surface area contributed by atoms with Gasteiger partial charge in [0.1, 0.15) is 0 Å². The normalized spacial score (nSPS) is 18.1. The molecule has 0 amide bonds. The van der Waals surface area contributed by atoms with Crippen LogP contribution in [0, 0.1) is 11.8 Å². The summed E-state index contributed by atoms with van der Waals surface area (Å²) < 4.78 is 0. The van der Waals surface area contributed by atoms with Crippen LogP contribution in [0.25, 0.3) is 10.9 Å². The average molecular weight is 284 g/mol. The number of nitrogens with one attached hydrogen (secondary N) is 1. The fraction of sp³-hybridized carbons (Fsp3) is 0.500. The van der Waals surface area contributed by atoms with Gasteiger partial charge >= 0.3 is 0 Å². The molecule has 0 unspecified atom stereocenters. The van der Waals surface area contributed by atoms with Gasteiger partial charge < -0.3 is 15.6 Å². The first-order chi connectivity index (χ1) is 10.2. The molecule has 5 heteroatoms. The fourth-order valence-electron chi connectivity index (χ4n) is 2.89. The van der Waals surface area contributed by atoms with Crippen molar-refractivity contribution >= 4 is 22.3 Å². The summed E-state index contributed by atoms with van der Waals surface area (Å²) in [5.74, 6) is 1.62. The van der Waals surface area contributed by atoms with Crippen LogP contribution in [0.4, 0.5) is 11.4 Å². The molecule has 1 heterocycles. The average Bonchev–Trinajstić information content (AvgIpc) is 3.34. The minimum atomic E-state index is -0.130. The summed E-state index contributed by atoms with van der Waals surface area (Å²) in [7, 11) is 0. The van der Waals surface area contributed by atoms with Crippen LogP contribution < -0.4 is 16.2 Å². The molecule has 0 spiro atoms. The van der Waals surface area contributed by atoms with Crippen molar-refractivity contribution in [3.63, 3.8) is 0 Å². The van der Waals surface area contributed by atoms with E-state index in [9.17, 15) is 4.79 Å². The van der Waals surface area contributed by atoms with Crippen molar-refractivity contribution < 1.29 is 0 Å². The molecule has 2 fully saturated rings. The molecule has 0 saturated heterocycles. The van der Waals surface area contributed by atoms with E-state index in [1.54, 1.807) is 6.07 Å². The van der Waals surface area contributed by atoms with Gasteiger partial charge in [0.25, 0.3) is 5.56 Å². The highest BCUT2D eigenvalue weighted by atomic mass is 16.1. The van der Waals surface area contributed by atoms with Gasteiger partial charge in [0, 0.05) is 13.1 Å². The van der Waals surface area contributed by atoms with Gasteiger partial charge in [-0.2, -0.15) is 0 Å². The summed E-state index contributed by atoms with van der Waals surface area (Å²) in [6.07, 6.45) is 6.76. The van der Waals surface area contributed by atoms with Gasteiger partial charge in [-0.3, -0.25) is 4.79 Å². The molecule has 1 aromatic carbocycles. The van der Waals surface area contributed by atoms with Crippen molar-refractivity contribution in [2.75, 3.05) is 23.7 Å². The van der Waals surface area contributed by atoms with Crippen LogP contribution in [-0.4, -0.2) is 23.1 Å². The van der Waals surface area contributed by atoms with E-state index in [0.717, 1.165) is 36.1 Å². The van der Waals surface area contributed by atoms with E-state index >= 15 is 0 Å². The second kappa shape index (κ2) is 4.76. The molecule has 0 aliphatic heterocycles. The van der Waals surface area contributed by atoms with Gasteiger partial charge in [0.15, 0.2) is 0 Å². The Morgan fingerprint density at radius 1 is 1.19 bits per heavy atom. The predicted octanol–water partition coefficient (Wildman–Crippen LogP) is 2.13. The molecular formula is C16H20N4O. The number of fused-ring (bicyclic) bond motifs is 1. The number of nitrogen functional groups attached to an aromatic ring is 1. The fourth-order valence-corrected chi connectivity index (χ4v) is 2.89. The molecular weight excluding hydrogens is 264 g/mol. The Morgan fingerprint density at radius 3 is 2.48 bits per heavy atom. The van der Waals surface area contributed by atoms with Gasteiger partial charge in [-0.25, -0.2) is 4.98 Å². The van der Waals surface area contributed by atoms with Crippen molar-refractivity contribution in [1.29, 1.82) is 0 Å². The number of hydrogen-bond donors (Lipinski definition) is 2. The summed E-state index contributed by atoms with van der Waals surface area (Å²) in [5.41, 5.74) is 8.54. The van der Waals surface area contributed by atoms with Crippen LogP contribution in [0.1, 0.15) is 25.7 Å². The molecule has 2 aliphatic rings. The van der Waals surface area contributed by atoms with Crippen molar-refractivity contribution in [1.82, 2.24) is 9.97 Å². The molecule has 21 heavy (non-hydrogen) atoms.